The van der Waals surface area contributed by atoms with Crippen molar-refractivity contribution in [3.63, 3.8) is 0 Å². The highest BCUT2D eigenvalue weighted by molar-refractivity contribution is 7.90. The third-order valence-corrected chi connectivity index (χ3v) is 17.9. The van der Waals surface area contributed by atoms with E-state index in [1.54, 1.807) is 28.1 Å². The number of nitrogens with zero attached hydrogens (tertiary/aromatic N) is 1. The fourth-order valence-electron chi connectivity index (χ4n) is 11.4. The first-order chi connectivity index (χ1) is 35.6. The minimum Gasteiger partial charge on any atom is -0.460 e. The van der Waals surface area contributed by atoms with Crippen LogP contribution in [0, 0.1) is 35.5 Å². The molecule has 1 amide bonds. The largest absolute Gasteiger partial charge is 0.460 e. The fourth-order valence-corrected chi connectivity index (χ4v) is 13.1. The van der Waals surface area contributed by atoms with Crippen LogP contribution in [0.2, 0.25) is 19.6 Å². The highest BCUT2D eigenvalue weighted by Crippen LogP contribution is 2.38. The molecular weight excluding hydrogens is 1010 g/mol. The molecular formula is C58H95NO15SSi. The highest BCUT2D eigenvalue weighted by Gasteiger charge is 2.53. The smallest absolute Gasteiger partial charge is 0.329 e. The van der Waals surface area contributed by atoms with Gasteiger partial charge in [-0.15, -0.1) is 0 Å². The number of piperidine rings is 1. The molecule has 18 heteroatoms. The molecule has 16 nitrogen and oxygen atoms in total. The van der Waals surface area contributed by atoms with Crippen molar-refractivity contribution in [2.24, 2.45) is 35.5 Å². The number of Topliss-reactive ketones (excluding diaryl/α,β-unsaturated/α-hetero) is 3. The monoisotopic (exact) mass is 1110 g/mol. The number of allylic oxidation sites excluding steroid dienone is 6. The lowest BCUT2D eigenvalue weighted by Gasteiger charge is -2.42. The van der Waals surface area contributed by atoms with Crippen molar-refractivity contribution in [3.05, 3.63) is 47.6 Å². The average molecular weight is 1110 g/mol. The molecule has 0 spiro atoms. The lowest BCUT2D eigenvalue weighted by Crippen LogP contribution is -2.61. The minimum absolute atomic E-state index is 0.0344. The zero-order valence-corrected chi connectivity index (χ0v) is 50.2. The van der Waals surface area contributed by atoms with Crippen LogP contribution in [0.4, 0.5) is 0 Å². The molecule has 2 saturated heterocycles. The van der Waals surface area contributed by atoms with Gasteiger partial charge in [-0.3, -0.25) is 19.2 Å². The van der Waals surface area contributed by atoms with E-state index in [4.69, 9.17) is 32.8 Å². The van der Waals surface area contributed by atoms with Crippen LogP contribution < -0.4 is 0 Å². The lowest BCUT2D eigenvalue weighted by atomic mass is 9.78. The Morgan fingerprint density at radius 2 is 1.55 bits per heavy atom. The summed E-state index contributed by atoms with van der Waals surface area (Å²) in [4.78, 5) is 73.7. The number of cyclic esters (lactones) is 1. The molecule has 1 aliphatic carbocycles. The van der Waals surface area contributed by atoms with Crippen LogP contribution in [0.15, 0.2) is 47.6 Å². The number of ether oxygens (including phenoxy) is 6. The summed E-state index contributed by atoms with van der Waals surface area (Å²) in [6.45, 7) is 19.6. The molecule has 4 aliphatic rings. The molecule has 1 saturated carbocycles. The maximum absolute atomic E-state index is 14.7. The number of esters is 1. The van der Waals surface area contributed by atoms with Crippen LogP contribution in [-0.4, -0.2) is 157 Å². The maximum atomic E-state index is 14.7. The van der Waals surface area contributed by atoms with Gasteiger partial charge in [0.2, 0.25) is 5.79 Å². The summed E-state index contributed by atoms with van der Waals surface area (Å²) in [6.07, 6.45) is 14.6. The van der Waals surface area contributed by atoms with Crippen LogP contribution in [0.5, 0.6) is 0 Å². The van der Waals surface area contributed by atoms with Crippen molar-refractivity contribution in [1.29, 1.82) is 0 Å². The SMILES string of the molecule is CO[C@H]1C[C@@H]2CC[C@@H](C)[C@@](O)(O2)C(=O)C(=O)N2CCCC[C@H]2C(=O)O[C@H]([C@H](C)C[C@@H]2CC[C@@H](OCCCS(C)(=O)=O)[C@H](OC)C2)CC(=O)[C@H](C)/C=C(\C)[C@@H](O[Si](C)(C)C)[C@@H](OC)C(=O)[C@H](C)C[C@H](C)/C=C/C=C/C=C/1C. The standard InChI is InChI=1S/C58H95NO15SSi/c1-37-21-16-15-17-22-38(2)49(68-8)35-45-26-24-43(7)58(65,73-45)55(62)56(63)59-28-19-18-23-46(59)57(64)72-50(40(4)33-44-25-27-48(51(34-44)69-9)71-29-20-30-75(11,66)67)36-47(60)39(3)32-42(6)53(74-76(12,13)14)54(70-10)52(61)41(5)31-37/h15-17,21-22,32,37,39-41,43-46,48-51,53-54,65H,18-20,23-31,33-36H2,1-14H3/b17-15+,21-16+,38-22+,42-32+/t37-,39-,40-,41-,43-,44+,45+,46+,48-,49+,50+,51-,53-,54+,58-/m1/s1. The topological polar surface area (TPSA) is 208 Å². The molecule has 15 atom stereocenters. The van der Waals surface area contributed by atoms with Gasteiger partial charge in [-0.1, -0.05) is 71.1 Å². The van der Waals surface area contributed by atoms with E-state index in [1.807, 2.05) is 83.8 Å². The second kappa shape index (κ2) is 29.9. The van der Waals surface area contributed by atoms with E-state index in [-0.39, 0.29) is 79.2 Å². The number of methoxy groups -OCH3 is 3. The number of carbonyl (C=O) groups is 5. The number of aliphatic hydroxyl groups is 1. The zero-order valence-electron chi connectivity index (χ0n) is 48.4. The van der Waals surface area contributed by atoms with Gasteiger partial charge in [-0.25, -0.2) is 13.2 Å². The molecule has 0 radical (unpaired) electrons. The lowest BCUT2D eigenvalue weighted by molar-refractivity contribution is -0.265. The van der Waals surface area contributed by atoms with Crippen molar-refractivity contribution in [2.75, 3.05) is 46.5 Å². The highest BCUT2D eigenvalue weighted by atomic mass is 32.2. The molecule has 3 aliphatic heterocycles. The number of carbonyl (C=O) groups excluding carboxylic acids is 5. The molecule has 0 aromatic carbocycles. The molecule has 76 heavy (non-hydrogen) atoms. The Bertz CT molecular complexity index is 2190. The van der Waals surface area contributed by atoms with Crippen LogP contribution in [0.25, 0.3) is 0 Å². The van der Waals surface area contributed by atoms with Crippen LogP contribution >= 0.6 is 0 Å². The number of amides is 1. The van der Waals surface area contributed by atoms with Crippen molar-refractivity contribution in [2.45, 2.75) is 206 Å². The van der Waals surface area contributed by atoms with E-state index in [0.717, 1.165) is 12.0 Å². The second-order valence-electron chi connectivity index (χ2n) is 23.6. The Balaban J connectivity index is 1.73. The summed E-state index contributed by atoms with van der Waals surface area (Å²) < 4.78 is 66.7. The number of hydrogen-bond donors (Lipinski definition) is 1. The fraction of sp³-hybridized carbons (Fsp3) is 0.776. The van der Waals surface area contributed by atoms with Gasteiger partial charge < -0.3 is 42.9 Å². The number of hydrogen-bond acceptors (Lipinski definition) is 15. The molecule has 432 valence electrons. The quantitative estimate of drug-likeness (QED) is 0.0603. The van der Waals surface area contributed by atoms with Gasteiger partial charge in [0.05, 0.1) is 36.3 Å². The Morgan fingerprint density at radius 3 is 2.20 bits per heavy atom. The molecule has 0 aromatic heterocycles. The predicted octanol–water partition coefficient (Wildman–Crippen LogP) is 8.50. The predicted molar refractivity (Wildman–Crippen MR) is 295 cm³/mol. The van der Waals surface area contributed by atoms with Gasteiger partial charge >= 0.3 is 5.97 Å². The van der Waals surface area contributed by atoms with Crippen LogP contribution in [0.1, 0.15) is 132 Å². The van der Waals surface area contributed by atoms with Crippen LogP contribution in [0.3, 0.4) is 0 Å². The molecule has 0 unspecified atom stereocenters. The van der Waals surface area contributed by atoms with E-state index < -0.39 is 90.0 Å². The van der Waals surface area contributed by atoms with Crippen molar-refractivity contribution < 1.29 is 70.3 Å². The first kappa shape index (κ1) is 65.3. The van der Waals surface area contributed by atoms with Crippen molar-refractivity contribution >= 4 is 47.4 Å². The summed E-state index contributed by atoms with van der Waals surface area (Å²) in [6, 6.07) is -1.15. The molecule has 2 bridgehead atoms. The van der Waals surface area contributed by atoms with E-state index >= 15 is 0 Å². The minimum atomic E-state index is -3.12. The Morgan fingerprint density at radius 1 is 0.842 bits per heavy atom. The number of ketones is 3. The average Bonchev–Trinajstić information content (AvgIpc) is 3.35. The Hall–Kier alpha value is -3.20. The third kappa shape index (κ3) is 19.3. The zero-order chi connectivity index (χ0) is 56.7. The Labute approximate surface area is 456 Å². The molecule has 4 rings (SSSR count). The summed E-state index contributed by atoms with van der Waals surface area (Å²) in [7, 11) is -0.713. The molecule has 1 N–H and O–H groups in total. The summed E-state index contributed by atoms with van der Waals surface area (Å²) in [5.41, 5.74) is 1.56. The van der Waals surface area contributed by atoms with E-state index in [1.165, 1.54) is 18.3 Å². The molecule has 3 fully saturated rings. The maximum Gasteiger partial charge on any atom is 0.329 e. The second-order valence-corrected chi connectivity index (χ2v) is 30.3. The normalized spacial score (nSPS) is 36.8. The van der Waals surface area contributed by atoms with E-state index in [9.17, 15) is 37.5 Å². The van der Waals surface area contributed by atoms with E-state index in [0.29, 0.717) is 69.8 Å². The van der Waals surface area contributed by atoms with Gasteiger partial charge in [0.25, 0.3) is 11.7 Å². The summed E-state index contributed by atoms with van der Waals surface area (Å²) >= 11 is 0. The van der Waals surface area contributed by atoms with Gasteiger partial charge in [-0.2, -0.15) is 0 Å². The summed E-state index contributed by atoms with van der Waals surface area (Å²) in [5, 5.41) is 12.1. The van der Waals surface area contributed by atoms with Crippen molar-refractivity contribution in [1.82, 2.24) is 4.90 Å². The Kier molecular flexibility index (Phi) is 25.7. The third-order valence-electron chi connectivity index (χ3n) is 15.9. The first-order valence-electron chi connectivity index (χ1n) is 27.9. The number of rotatable bonds is 13. The van der Waals surface area contributed by atoms with Crippen molar-refractivity contribution in [3.8, 4) is 0 Å². The summed E-state index contributed by atoms with van der Waals surface area (Å²) in [5.74, 6) is -7.62. The molecule has 3 heterocycles. The first-order valence-corrected chi connectivity index (χ1v) is 33.4. The number of sulfone groups is 1. The van der Waals surface area contributed by atoms with Crippen LogP contribution in [-0.2, 0) is 66.7 Å². The number of fused-ring (bicyclic) bond motifs is 3. The molecule has 0 aromatic rings. The van der Waals surface area contributed by atoms with Gasteiger partial charge in [0.1, 0.15) is 33.9 Å². The van der Waals surface area contributed by atoms with Gasteiger partial charge in [-0.05, 0) is 133 Å². The van der Waals surface area contributed by atoms with E-state index in [2.05, 4.69) is 6.92 Å². The van der Waals surface area contributed by atoms with Gasteiger partial charge in [0, 0.05) is 71.3 Å². The van der Waals surface area contributed by atoms with Gasteiger partial charge in [0.15, 0.2) is 14.1 Å².